The lowest BCUT2D eigenvalue weighted by Gasteiger charge is -2.35. The first kappa shape index (κ1) is 23.5. The third-order valence-corrected chi connectivity index (χ3v) is 5.47. The van der Waals surface area contributed by atoms with E-state index in [-0.39, 0.29) is 11.9 Å². The van der Waals surface area contributed by atoms with Gasteiger partial charge in [0.05, 0.1) is 20.8 Å². The minimum atomic E-state index is -0.274. The van der Waals surface area contributed by atoms with E-state index in [0.717, 1.165) is 49.1 Å². The summed E-state index contributed by atoms with van der Waals surface area (Å²) in [5.41, 5.74) is 1.11. The Morgan fingerprint density at radius 2 is 1.69 bits per heavy atom. The molecule has 3 rings (SSSR count). The molecule has 0 saturated carbocycles. The molecular weight excluding hydrogens is 411 g/mol. The summed E-state index contributed by atoms with van der Waals surface area (Å²) < 4.78 is 29.6. The Labute approximate surface area is 189 Å². The monoisotopic (exact) mass is 444 g/mol. The van der Waals surface area contributed by atoms with Gasteiger partial charge in [-0.1, -0.05) is 0 Å². The summed E-state index contributed by atoms with van der Waals surface area (Å²) in [6, 6.07) is 12.3. The lowest BCUT2D eigenvalue weighted by atomic mass is 10.0. The molecule has 7 nitrogen and oxygen atoms in total. The van der Waals surface area contributed by atoms with Gasteiger partial charge >= 0.3 is 0 Å². The first-order valence-corrected chi connectivity index (χ1v) is 10.9. The highest BCUT2D eigenvalue weighted by Gasteiger charge is 2.21. The molecule has 0 amide bonds. The zero-order valence-electron chi connectivity index (χ0n) is 19.2. The summed E-state index contributed by atoms with van der Waals surface area (Å²) in [7, 11) is 5.09. The van der Waals surface area contributed by atoms with E-state index in [9.17, 15) is 4.39 Å². The average Bonchev–Trinajstić information content (AvgIpc) is 2.83. The van der Waals surface area contributed by atoms with Gasteiger partial charge in [-0.25, -0.2) is 4.39 Å². The highest BCUT2D eigenvalue weighted by atomic mass is 19.1. The van der Waals surface area contributed by atoms with Crippen LogP contribution in [0.5, 0.6) is 17.2 Å². The SMILES string of the molecule is CN=C(NCC(C)Oc1ccc(F)cc1)NC1CCN(c2cc(OC)cc(OC)c2)CC1. The molecule has 174 valence electrons. The number of nitrogens with zero attached hydrogens (tertiary/aromatic N) is 2. The molecule has 1 fully saturated rings. The number of guanidine groups is 1. The van der Waals surface area contributed by atoms with Crippen molar-refractivity contribution in [3.63, 3.8) is 0 Å². The molecule has 0 aromatic heterocycles. The minimum Gasteiger partial charge on any atom is -0.497 e. The van der Waals surface area contributed by atoms with E-state index in [4.69, 9.17) is 14.2 Å². The second kappa shape index (κ2) is 11.5. The van der Waals surface area contributed by atoms with Gasteiger partial charge in [-0.05, 0) is 44.0 Å². The van der Waals surface area contributed by atoms with Gasteiger partial charge in [-0.2, -0.15) is 0 Å². The number of hydrogen-bond acceptors (Lipinski definition) is 5. The Morgan fingerprint density at radius 3 is 2.25 bits per heavy atom. The third kappa shape index (κ3) is 6.67. The van der Waals surface area contributed by atoms with Crippen molar-refractivity contribution in [1.29, 1.82) is 0 Å². The first-order chi connectivity index (χ1) is 15.5. The summed E-state index contributed by atoms with van der Waals surface area (Å²) in [5.74, 6) is 2.71. The van der Waals surface area contributed by atoms with Crippen molar-refractivity contribution < 1.29 is 18.6 Å². The lowest BCUT2D eigenvalue weighted by molar-refractivity contribution is 0.223. The molecule has 1 aliphatic heterocycles. The Morgan fingerprint density at radius 1 is 1.06 bits per heavy atom. The number of rotatable bonds is 8. The van der Waals surface area contributed by atoms with Crippen molar-refractivity contribution in [2.75, 3.05) is 45.8 Å². The van der Waals surface area contributed by atoms with Crippen molar-refractivity contribution in [3.05, 3.63) is 48.3 Å². The van der Waals surface area contributed by atoms with Crippen molar-refractivity contribution in [1.82, 2.24) is 10.6 Å². The molecule has 1 saturated heterocycles. The van der Waals surface area contributed by atoms with E-state index in [1.807, 2.05) is 25.1 Å². The zero-order chi connectivity index (χ0) is 22.9. The number of benzene rings is 2. The molecule has 0 radical (unpaired) electrons. The van der Waals surface area contributed by atoms with E-state index in [1.54, 1.807) is 33.4 Å². The third-order valence-electron chi connectivity index (χ3n) is 5.47. The van der Waals surface area contributed by atoms with E-state index >= 15 is 0 Å². The maximum atomic E-state index is 13.0. The number of anilines is 1. The van der Waals surface area contributed by atoms with Gasteiger partial charge in [0.1, 0.15) is 29.2 Å². The Hall–Kier alpha value is -3.16. The smallest absolute Gasteiger partial charge is 0.191 e. The summed E-state index contributed by atoms with van der Waals surface area (Å²) in [6.07, 6.45) is 1.88. The van der Waals surface area contributed by atoms with Crippen LogP contribution in [0.15, 0.2) is 47.5 Å². The van der Waals surface area contributed by atoms with Crippen molar-refractivity contribution in [2.45, 2.75) is 31.9 Å². The molecule has 0 spiro atoms. The van der Waals surface area contributed by atoms with Crippen LogP contribution in [-0.2, 0) is 0 Å². The summed E-state index contributed by atoms with van der Waals surface area (Å²) in [6.45, 7) is 4.40. The van der Waals surface area contributed by atoms with Crippen LogP contribution in [0.4, 0.5) is 10.1 Å². The van der Waals surface area contributed by atoms with E-state index in [2.05, 4.69) is 20.5 Å². The maximum Gasteiger partial charge on any atom is 0.191 e. The quantitative estimate of drug-likeness (QED) is 0.480. The number of nitrogens with one attached hydrogen (secondary N) is 2. The lowest BCUT2D eigenvalue weighted by Crippen LogP contribution is -2.50. The fraction of sp³-hybridized carbons (Fsp3) is 0.458. The Balaban J connectivity index is 1.45. The van der Waals surface area contributed by atoms with Gasteiger partial charge in [-0.3, -0.25) is 4.99 Å². The highest BCUT2D eigenvalue weighted by molar-refractivity contribution is 5.80. The first-order valence-electron chi connectivity index (χ1n) is 10.9. The normalized spacial score (nSPS) is 15.8. The van der Waals surface area contributed by atoms with Gasteiger partial charge < -0.3 is 29.7 Å². The van der Waals surface area contributed by atoms with Crippen LogP contribution in [0, 0.1) is 5.82 Å². The van der Waals surface area contributed by atoms with E-state index in [1.165, 1.54) is 12.1 Å². The van der Waals surface area contributed by atoms with E-state index < -0.39 is 0 Å². The van der Waals surface area contributed by atoms with Crippen molar-refractivity contribution >= 4 is 11.6 Å². The van der Waals surface area contributed by atoms with Crippen LogP contribution >= 0.6 is 0 Å². The van der Waals surface area contributed by atoms with Gasteiger partial charge in [0.15, 0.2) is 5.96 Å². The summed E-state index contributed by atoms with van der Waals surface area (Å²) >= 11 is 0. The number of halogens is 1. The standard InChI is InChI=1S/C24H33FN4O3/c1-17(32-21-7-5-18(25)6-8-21)16-27-24(26-2)28-19-9-11-29(12-10-19)20-13-22(30-3)15-23(14-20)31-4/h5-8,13-15,17,19H,9-12,16H2,1-4H3,(H2,26,27,28). The summed E-state index contributed by atoms with van der Waals surface area (Å²) in [5, 5.41) is 6.82. The van der Waals surface area contributed by atoms with Crippen LogP contribution in [0.25, 0.3) is 0 Å². The minimum absolute atomic E-state index is 0.0936. The predicted octanol–water partition coefficient (Wildman–Crippen LogP) is 3.44. The van der Waals surface area contributed by atoms with Crippen LogP contribution < -0.4 is 29.7 Å². The number of aliphatic imine (C=N–C) groups is 1. The second-order valence-corrected chi connectivity index (χ2v) is 7.81. The zero-order valence-corrected chi connectivity index (χ0v) is 19.2. The average molecular weight is 445 g/mol. The Bertz CT molecular complexity index is 861. The van der Waals surface area contributed by atoms with Gasteiger partial charge in [-0.15, -0.1) is 0 Å². The fourth-order valence-electron chi connectivity index (χ4n) is 3.67. The number of methoxy groups -OCH3 is 2. The molecular formula is C24H33FN4O3. The maximum absolute atomic E-state index is 13.0. The van der Waals surface area contributed by atoms with Gasteiger partial charge in [0.2, 0.25) is 0 Å². The largest absolute Gasteiger partial charge is 0.497 e. The molecule has 1 aliphatic rings. The predicted molar refractivity (Wildman–Crippen MR) is 126 cm³/mol. The van der Waals surface area contributed by atoms with Gasteiger partial charge in [0, 0.05) is 50.1 Å². The Kier molecular flexibility index (Phi) is 8.41. The molecule has 1 heterocycles. The molecule has 0 aliphatic carbocycles. The molecule has 2 aromatic carbocycles. The topological polar surface area (TPSA) is 67.4 Å². The van der Waals surface area contributed by atoms with Gasteiger partial charge in [0.25, 0.3) is 0 Å². The van der Waals surface area contributed by atoms with E-state index in [0.29, 0.717) is 18.3 Å². The number of piperidine rings is 1. The molecule has 1 unspecified atom stereocenters. The van der Waals surface area contributed by atoms with Crippen LogP contribution in [0.1, 0.15) is 19.8 Å². The van der Waals surface area contributed by atoms with Crippen molar-refractivity contribution in [3.8, 4) is 17.2 Å². The highest BCUT2D eigenvalue weighted by Crippen LogP contribution is 2.30. The molecule has 2 aromatic rings. The number of hydrogen-bond donors (Lipinski definition) is 2. The van der Waals surface area contributed by atoms with Crippen LogP contribution in [-0.4, -0.2) is 59.0 Å². The van der Waals surface area contributed by atoms with Crippen molar-refractivity contribution in [2.24, 2.45) is 4.99 Å². The molecule has 32 heavy (non-hydrogen) atoms. The second-order valence-electron chi connectivity index (χ2n) is 7.81. The van der Waals surface area contributed by atoms with Crippen LogP contribution in [0.3, 0.4) is 0 Å². The molecule has 0 bridgehead atoms. The molecule has 2 N–H and O–H groups in total. The summed E-state index contributed by atoms with van der Waals surface area (Å²) in [4.78, 5) is 6.68. The van der Waals surface area contributed by atoms with Crippen LogP contribution in [0.2, 0.25) is 0 Å². The molecule has 8 heteroatoms. The fourth-order valence-corrected chi connectivity index (χ4v) is 3.67. The molecule has 1 atom stereocenters. The number of ether oxygens (including phenoxy) is 3.